The van der Waals surface area contributed by atoms with E-state index < -0.39 is 0 Å². The Bertz CT molecular complexity index is 732. The monoisotopic (exact) mass is 370 g/mol. The summed E-state index contributed by atoms with van der Waals surface area (Å²) in [4.78, 5) is 16.8. The first-order valence-corrected chi connectivity index (χ1v) is 9.08. The van der Waals surface area contributed by atoms with Gasteiger partial charge in [0.05, 0.1) is 19.4 Å². The van der Waals surface area contributed by atoms with Gasteiger partial charge in [0.15, 0.2) is 18.1 Å². The van der Waals surface area contributed by atoms with Gasteiger partial charge >= 0.3 is 0 Å². The average molecular weight is 370 g/mol. The highest BCUT2D eigenvalue weighted by Gasteiger charge is 2.07. The summed E-state index contributed by atoms with van der Waals surface area (Å²) < 4.78 is 11.2. The van der Waals surface area contributed by atoms with Gasteiger partial charge in [-0.1, -0.05) is 41.6 Å². The molecule has 2 aromatic carbocycles. The van der Waals surface area contributed by atoms with Crippen molar-refractivity contribution in [3.63, 3.8) is 0 Å². The molecule has 0 spiro atoms. The lowest BCUT2D eigenvalue weighted by atomic mass is 10.1. The highest BCUT2D eigenvalue weighted by Crippen LogP contribution is 2.28. The molecule has 0 aliphatic rings. The second kappa shape index (κ2) is 11.6. The molecule has 0 aliphatic heterocycles. The van der Waals surface area contributed by atoms with Gasteiger partial charge in [-0.05, 0) is 43.5 Å². The van der Waals surface area contributed by atoms with Crippen LogP contribution < -0.4 is 14.8 Å². The summed E-state index contributed by atoms with van der Waals surface area (Å²) in [5.41, 5.74) is 1.98. The van der Waals surface area contributed by atoms with Crippen molar-refractivity contribution in [3.8, 4) is 11.5 Å². The van der Waals surface area contributed by atoms with Crippen LogP contribution in [0, 0.1) is 0 Å². The zero-order valence-electron chi connectivity index (χ0n) is 15.8. The lowest BCUT2D eigenvalue weighted by Crippen LogP contribution is -2.28. The highest BCUT2D eigenvalue weighted by atomic mass is 16.6. The Morgan fingerprint density at radius 2 is 1.78 bits per heavy atom. The molecule has 0 heterocycles. The molecule has 1 N–H and O–H groups in total. The van der Waals surface area contributed by atoms with E-state index in [4.69, 9.17) is 14.3 Å². The second-order valence-electron chi connectivity index (χ2n) is 5.67. The Hall–Kier alpha value is -3.02. The van der Waals surface area contributed by atoms with Crippen LogP contribution in [0.2, 0.25) is 0 Å². The van der Waals surface area contributed by atoms with Crippen LogP contribution in [0.4, 0.5) is 0 Å². The lowest BCUT2D eigenvalue weighted by Gasteiger charge is -2.12. The van der Waals surface area contributed by atoms with E-state index in [0.29, 0.717) is 26.2 Å². The van der Waals surface area contributed by atoms with Crippen LogP contribution in [0.3, 0.4) is 0 Å². The predicted molar refractivity (Wildman–Crippen MR) is 105 cm³/mol. The number of oxime groups is 1. The third-order valence-electron chi connectivity index (χ3n) is 3.62. The summed E-state index contributed by atoms with van der Waals surface area (Å²) >= 11 is 0. The minimum absolute atomic E-state index is 0.114. The van der Waals surface area contributed by atoms with E-state index in [1.165, 1.54) is 0 Å². The lowest BCUT2D eigenvalue weighted by molar-refractivity contribution is -0.125. The maximum absolute atomic E-state index is 11.8. The predicted octanol–water partition coefficient (Wildman–Crippen LogP) is 3.19. The van der Waals surface area contributed by atoms with E-state index in [1.54, 1.807) is 6.21 Å². The molecule has 27 heavy (non-hydrogen) atoms. The van der Waals surface area contributed by atoms with Crippen molar-refractivity contribution in [1.29, 1.82) is 0 Å². The molecule has 0 unspecified atom stereocenters. The first-order valence-electron chi connectivity index (χ1n) is 9.08. The van der Waals surface area contributed by atoms with Gasteiger partial charge in [0.25, 0.3) is 5.91 Å². The number of hydrogen-bond acceptors (Lipinski definition) is 5. The molecule has 0 fully saturated rings. The first kappa shape index (κ1) is 20.3. The topological polar surface area (TPSA) is 69.2 Å². The number of benzene rings is 2. The molecular weight excluding hydrogens is 344 g/mol. The van der Waals surface area contributed by atoms with E-state index >= 15 is 0 Å². The Labute approximate surface area is 160 Å². The van der Waals surface area contributed by atoms with Crippen molar-refractivity contribution in [2.24, 2.45) is 5.16 Å². The Kier molecular flexibility index (Phi) is 8.69. The fraction of sp³-hybridized carbons (Fsp3) is 0.333. The fourth-order valence-electron chi connectivity index (χ4n) is 2.38. The van der Waals surface area contributed by atoms with Crippen molar-refractivity contribution in [2.75, 3.05) is 26.4 Å². The number of nitrogens with one attached hydrogen (secondary N) is 1. The molecule has 0 saturated carbocycles. The summed E-state index contributed by atoms with van der Waals surface area (Å²) in [6.07, 6.45) is 2.26. The van der Waals surface area contributed by atoms with Crippen molar-refractivity contribution in [3.05, 3.63) is 59.7 Å². The standard InChI is InChI=1S/C21H26N2O4/c1-3-25-19-11-10-17(14-20(19)26-4-2)12-13-22-21(24)16-27-23-15-18-8-6-5-7-9-18/h5-11,14-15H,3-4,12-13,16H2,1-2H3,(H,22,24)/b23-15+. The normalized spacial score (nSPS) is 10.6. The van der Waals surface area contributed by atoms with Gasteiger partial charge in [0.1, 0.15) is 0 Å². The fourth-order valence-corrected chi connectivity index (χ4v) is 2.38. The van der Waals surface area contributed by atoms with Crippen LogP contribution >= 0.6 is 0 Å². The van der Waals surface area contributed by atoms with E-state index in [1.807, 2.05) is 62.4 Å². The van der Waals surface area contributed by atoms with E-state index in [9.17, 15) is 4.79 Å². The van der Waals surface area contributed by atoms with E-state index in [0.717, 1.165) is 22.6 Å². The van der Waals surface area contributed by atoms with Gasteiger partial charge in [-0.15, -0.1) is 0 Å². The third-order valence-corrected chi connectivity index (χ3v) is 3.62. The minimum Gasteiger partial charge on any atom is -0.490 e. The zero-order valence-corrected chi connectivity index (χ0v) is 15.8. The highest BCUT2D eigenvalue weighted by molar-refractivity contribution is 5.79. The molecule has 0 atom stereocenters. The van der Waals surface area contributed by atoms with Crippen molar-refractivity contribution in [1.82, 2.24) is 5.32 Å². The molecule has 144 valence electrons. The van der Waals surface area contributed by atoms with Crippen LogP contribution in [0.1, 0.15) is 25.0 Å². The number of amides is 1. The van der Waals surface area contributed by atoms with Crippen molar-refractivity contribution < 1.29 is 19.1 Å². The molecule has 0 aliphatic carbocycles. The number of ether oxygens (including phenoxy) is 2. The quantitative estimate of drug-likeness (QED) is 0.487. The van der Waals surface area contributed by atoms with Crippen LogP contribution in [-0.4, -0.2) is 38.5 Å². The second-order valence-corrected chi connectivity index (χ2v) is 5.67. The molecule has 0 bridgehead atoms. The van der Waals surface area contributed by atoms with Gasteiger partial charge in [0.2, 0.25) is 0 Å². The number of nitrogens with zero attached hydrogens (tertiary/aromatic N) is 1. The molecule has 6 nitrogen and oxygen atoms in total. The smallest absolute Gasteiger partial charge is 0.260 e. The van der Waals surface area contributed by atoms with Crippen molar-refractivity contribution in [2.45, 2.75) is 20.3 Å². The van der Waals surface area contributed by atoms with Crippen LogP contribution in [0.5, 0.6) is 11.5 Å². The largest absolute Gasteiger partial charge is 0.490 e. The number of carbonyl (C=O) groups excluding carboxylic acids is 1. The molecule has 0 radical (unpaired) electrons. The molecule has 0 saturated heterocycles. The molecule has 0 aromatic heterocycles. The van der Waals surface area contributed by atoms with Crippen LogP contribution in [0.15, 0.2) is 53.7 Å². The van der Waals surface area contributed by atoms with Gasteiger partial charge in [-0.3, -0.25) is 4.79 Å². The molecule has 6 heteroatoms. The number of rotatable bonds is 11. The maximum Gasteiger partial charge on any atom is 0.260 e. The van der Waals surface area contributed by atoms with Crippen LogP contribution in [-0.2, 0) is 16.1 Å². The molecule has 2 aromatic rings. The number of hydrogen-bond donors (Lipinski definition) is 1. The Morgan fingerprint density at radius 1 is 1.04 bits per heavy atom. The summed E-state index contributed by atoms with van der Waals surface area (Å²) in [5.74, 6) is 1.25. The first-order chi connectivity index (χ1) is 13.2. The summed E-state index contributed by atoms with van der Waals surface area (Å²) in [7, 11) is 0. The number of carbonyl (C=O) groups is 1. The van der Waals surface area contributed by atoms with E-state index in [-0.39, 0.29) is 12.5 Å². The van der Waals surface area contributed by atoms with Crippen LogP contribution in [0.25, 0.3) is 0 Å². The summed E-state index contributed by atoms with van der Waals surface area (Å²) in [6.45, 7) is 5.41. The minimum atomic E-state index is -0.212. The van der Waals surface area contributed by atoms with Gasteiger partial charge in [-0.2, -0.15) is 0 Å². The Balaban J connectivity index is 1.72. The zero-order chi connectivity index (χ0) is 19.3. The summed E-state index contributed by atoms with van der Waals surface area (Å²) in [5, 5.41) is 6.60. The molecular formula is C21H26N2O4. The maximum atomic E-state index is 11.8. The SMILES string of the molecule is CCOc1ccc(CCNC(=O)CO/N=C/c2ccccc2)cc1OCC. The molecule has 2 rings (SSSR count). The third kappa shape index (κ3) is 7.40. The summed E-state index contributed by atoms with van der Waals surface area (Å²) in [6, 6.07) is 15.4. The van der Waals surface area contributed by atoms with Gasteiger partial charge in [0, 0.05) is 6.54 Å². The van der Waals surface area contributed by atoms with Crippen molar-refractivity contribution >= 4 is 12.1 Å². The van der Waals surface area contributed by atoms with Gasteiger partial charge in [-0.25, -0.2) is 0 Å². The van der Waals surface area contributed by atoms with Gasteiger partial charge < -0.3 is 19.6 Å². The van der Waals surface area contributed by atoms with E-state index in [2.05, 4.69) is 10.5 Å². The average Bonchev–Trinajstić information content (AvgIpc) is 2.68. The molecule has 1 amide bonds. The Morgan fingerprint density at radius 3 is 2.52 bits per heavy atom.